The van der Waals surface area contributed by atoms with Crippen LogP contribution in [-0.2, 0) is 17.6 Å². The molecular formula is C17H25ClN4O2. The summed E-state index contributed by atoms with van der Waals surface area (Å²) < 4.78 is 5.22. The number of benzene rings is 1. The molecule has 0 unspecified atom stereocenters. The van der Waals surface area contributed by atoms with Gasteiger partial charge in [0, 0.05) is 24.9 Å². The molecule has 0 spiro atoms. The van der Waals surface area contributed by atoms with Gasteiger partial charge in [-0.05, 0) is 44.1 Å². The monoisotopic (exact) mass is 352 g/mol. The molecule has 0 aliphatic heterocycles. The minimum atomic E-state index is 0. The molecule has 0 radical (unpaired) electrons. The van der Waals surface area contributed by atoms with Gasteiger partial charge in [-0.1, -0.05) is 24.2 Å². The van der Waals surface area contributed by atoms with Crippen LogP contribution in [0.5, 0.6) is 0 Å². The second kappa shape index (κ2) is 10.8. The number of nitrogens with zero attached hydrogens (tertiary/aromatic N) is 2. The molecule has 0 aliphatic rings. The van der Waals surface area contributed by atoms with Gasteiger partial charge in [0.05, 0.1) is 0 Å². The fraction of sp³-hybridized carbons (Fsp3) is 0.471. The maximum Gasteiger partial charge on any atom is 0.257 e. The Morgan fingerprint density at radius 3 is 2.58 bits per heavy atom. The molecule has 1 aromatic carbocycles. The van der Waals surface area contributed by atoms with Gasteiger partial charge in [-0.2, -0.15) is 4.98 Å². The number of amides is 1. The number of hydrogen-bond donors (Lipinski definition) is 2. The van der Waals surface area contributed by atoms with E-state index in [9.17, 15) is 4.79 Å². The topological polar surface area (TPSA) is 80.0 Å². The van der Waals surface area contributed by atoms with Crippen molar-refractivity contribution in [1.82, 2.24) is 20.8 Å². The largest absolute Gasteiger partial charge is 0.356 e. The first-order valence-electron chi connectivity index (χ1n) is 8.06. The van der Waals surface area contributed by atoms with Crippen molar-refractivity contribution in [2.45, 2.75) is 32.6 Å². The highest BCUT2D eigenvalue weighted by Crippen LogP contribution is 2.18. The molecule has 2 aromatic rings. The number of carbonyl (C=O) groups is 1. The average molecular weight is 353 g/mol. The van der Waals surface area contributed by atoms with Crippen molar-refractivity contribution in [1.29, 1.82) is 0 Å². The minimum absolute atomic E-state index is 0. The smallest absolute Gasteiger partial charge is 0.257 e. The SMILES string of the molecule is CCc1noc(-c2ccc(CCNC(=O)CCCNC)cc2)n1.Cl. The Morgan fingerprint density at radius 1 is 1.21 bits per heavy atom. The number of carbonyl (C=O) groups excluding carboxylic acids is 1. The van der Waals surface area contributed by atoms with Crippen LogP contribution in [0.25, 0.3) is 11.5 Å². The molecule has 2 rings (SSSR count). The molecule has 6 nitrogen and oxygen atoms in total. The molecule has 0 bridgehead atoms. The summed E-state index contributed by atoms with van der Waals surface area (Å²) in [6, 6.07) is 7.99. The average Bonchev–Trinajstić information content (AvgIpc) is 3.05. The van der Waals surface area contributed by atoms with Crippen LogP contribution in [0.2, 0.25) is 0 Å². The van der Waals surface area contributed by atoms with E-state index in [2.05, 4.69) is 20.8 Å². The second-order valence-electron chi connectivity index (χ2n) is 5.37. The van der Waals surface area contributed by atoms with Crippen LogP contribution in [0.4, 0.5) is 0 Å². The maximum absolute atomic E-state index is 11.6. The van der Waals surface area contributed by atoms with E-state index in [1.165, 1.54) is 5.56 Å². The molecule has 24 heavy (non-hydrogen) atoms. The summed E-state index contributed by atoms with van der Waals surface area (Å²) in [5, 5.41) is 9.87. The molecule has 0 fully saturated rings. The highest BCUT2D eigenvalue weighted by Gasteiger charge is 2.07. The van der Waals surface area contributed by atoms with Gasteiger partial charge in [0.1, 0.15) is 0 Å². The Balaban J connectivity index is 0.00000288. The van der Waals surface area contributed by atoms with Gasteiger partial charge in [0.2, 0.25) is 5.91 Å². The zero-order chi connectivity index (χ0) is 16.5. The summed E-state index contributed by atoms with van der Waals surface area (Å²) in [5.41, 5.74) is 2.08. The summed E-state index contributed by atoms with van der Waals surface area (Å²) in [4.78, 5) is 15.9. The van der Waals surface area contributed by atoms with Crippen molar-refractivity contribution in [3.05, 3.63) is 35.7 Å². The van der Waals surface area contributed by atoms with Crippen LogP contribution >= 0.6 is 12.4 Å². The van der Waals surface area contributed by atoms with E-state index >= 15 is 0 Å². The van der Waals surface area contributed by atoms with E-state index in [-0.39, 0.29) is 18.3 Å². The first-order valence-corrected chi connectivity index (χ1v) is 8.06. The summed E-state index contributed by atoms with van der Waals surface area (Å²) >= 11 is 0. The molecule has 0 aliphatic carbocycles. The molecule has 0 atom stereocenters. The number of rotatable bonds is 9. The van der Waals surface area contributed by atoms with Crippen LogP contribution in [0.1, 0.15) is 31.2 Å². The van der Waals surface area contributed by atoms with Crippen molar-refractivity contribution in [2.75, 3.05) is 20.1 Å². The third-order valence-electron chi connectivity index (χ3n) is 3.55. The van der Waals surface area contributed by atoms with Gasteiger partial charge in [0.25, 0.3) is 5.89 Å². The third kappa shape index (κ3) is 6.29. The Hall–Kier alpha value is -1.92. The minimum Gasteiger partial charge on any atom is -0.356 e. The summed E-state index contributed by atoms with van der Waals surface area (Å²) in [7, 11) is 1.89. The van der Waals surface area contributed by atoms with Crippen molar-refractivity contribution in [3.63, 3.8) is 0 Å². The number of aromatic nitrogens is 2. The lowest BCUT2D eigenvalue weighted by Gasteiger charge is -2.05. The van der Waals surface area contributed by atoms with Crippen molar-refractivity contribution in [3.8, 4) is 11.5 Å². The van der Waals surface area contributed by atoms with Crippen LogP contribution in [0.3, 0.4) is 0 Å². The zero-order valence-electron chi connectivity index (χ0n) is 14.2. The highest BCUT2D eigenvalue weighted by molar-refractivity contribution is 5.85. The third-order valence-corrected chi connectivity index (χ3v) is 3.55. The van der Waals surface area contributed by atoms with Gasteiger partial charge in [0.15, 0.2) is 5.82 Å². The summed E-state index contributed by atoms with van der Waals surface area (Å²) in [6.07, 6.45) is 3.00. The lowest BCUT2D eigenvalue weighted by atomic mass is 10.1. The van der Waals surface area contributed by atoms with E-state index in [1.54, 1.807) is 0 Å². The fourth-order valence-electron chi connectivity index (χ4n) is 2.19. The van der Waals surface area contributed by atoms with Crippen molar-refractivity contribution in [2.24, 2.45) is 0 Å². The predicted octanol–water partition coefficient (Wildman–Crippen LogP) is 2.38. The number of hydrogen-bond acceptors (Lipinski definition) is 5. The highest BCUT2D eigenvalue weighted by atomic mass is 35.5. The number of nitrogens with one attached hydrogen (secondary N) is 2. The first-order chi connectivity index (χ1) is 11.2. The molecule has 1 amide bonds. The van der Waals surface area contributed by atoms with E-state index in [1.807, 2.05) is 38.2 Å². The molecular weight excluding hydrogens is 328 g/mol. The maximum atomic E-state index is 11.6. The normalized spacial score (nSPS) is 10.2. The Morgan fingerprint density at radius 2 is 1.96 bits per heavy atom. The van der Waals surface area contributed by atoms with Crippen LogP contribution in [0, 0.1) is 0 Å². The van der Waals surface area contributed by atoms with Crippen LogP contribution in [-0.4, -0.2) is 36.2 Å². The molecule has 2 N–H and O–H groups in total. The second-order valence-corrected chi connectivity index (χ2v) is 5.37. The van der Waals surface area contributed by atoms with Crippen LogP contribution < -0.4 is 10.6 Å². The van der Waals surface area contributed by atoms with Gasteiger partial charge < -0.3 is 15.2 Å². The zero-order valence-corrected chi connectivity index (χ0v) is 15.0. The van der Waals surface area contributed by atoms with Gasteiger partial charge >= 0.3 is 0 Å². The molecule has 1 aromatic heterocycles. The van der Waals surface area contributed by atoms with E-state index in [4.69, 9.17) is 4.52 Å². The molecule has 0 saturated carbocycles. The van der Waals surface area contributed by atoms with E-state index < -0.39 is 0 Å². The quantitative estimate of drug-likeness (QED) is 0.677. The summed E-state index contributed by atoms with van der Waals surface area (Å²) in [5.74, 6) is 1.37. The lowest BCUT2D eigenvalue weighted by Crippen LogP contribution is -2.26. The van der Waals surface area contributed by atoms with Crippen LogP contribution in [0.15, 0.2) is 28.8 Å². The predicted molar refractivity (Wildman–Crippen MR) is 96.2 cm³/mol. The first kappa shape index (κ1) is 20.1. The Kier molecular flexibility index (Phi) is 9.04. The number of aryl methyl sites for hydroxylation is 1. The number of halogens is 1. The Labute approximate surface area is 148 Å². The molecule has 0 saturated heterocycles. The van der Waals surface area contributed by atoms with Gasteiger partial charge in [-0.25, -0.2) is 0 Å². The fourth-order valence-corrected chi connectivity index (χ4v) is 2.19. The van der Waals surface area contributed by atoms with Gasteiger partial charge in [-0.3, -0.25) is 4.79 Å². The molecule has 7 heteroatoms. The molecule has 1 heterocycles. The van der Waals surface area contributed by atoms with E-state index in [0.29, 0.717) is 24.7 Å². The van der Waals surface area contributed by atoms with Crippen molar-refractivity contribution >= 4 is 18.3 Å². The lowest BCUT2D eigenvalue weighted by molar-refractivity contribution is -0.121. The van der Waals surface area contributed by atoms with Crippen molar-refractivity contribution < 1.29 is 9.32 Å². The molecule has 132 valence electrons. The standard InChI is InChI=1S/C17H24N4O2.ClH/c1-3-15-20-17(23-21-15)14-8-6-13(7-9-14)10-12-19-16(22)5-4-11-18-2;/h6-9,18H,3-5,10-12H2,1-2H3,(H,19,22);1H. The Bertz CT molecular complexity index is 613. The van der Waals surface area contributed by atoms with Gasteiger partial charge in [-0.15, -0.1) is 12.4 Å². The van der Waals surface area contributed by atoms with E-state index in [0.717, 1.165) is 31.4 Å². The summed E-state index contributed by atoms with van der Waals surface area (Å²) in [6.45, 7) is 3.51.